The fraction of sp³-hybridized carbons (Fsp3) is 0.533. The summed E-state index contributed by atoms with van der Waals surface area (Å²) in [6.07, 6.45) is 7.74. The molecule has 0 atom stereocenters. The third kappa shape index (κ3) is 3.20. The highest BCUT2D eigenvalue weighted by atomic mass is 19.1. The Kier molecular flexibility index (Phi) is 4.13. The summed E-state index contributed by atoms with van der Waals surface area (Å²) in [5, 5.41) is 11.8. The van der Waals surface area contributed by atoms with Gasteiger partial charge in [0.05, 0.1) is 5.69 Å². The maximum absolute atomic E-state index is 13.2. The average molecular weight is 289 g/mol. The smallest absolute Gasteiger partial charge is 0.182 e. The Morgan fingerprint density at radius 2 is 2.05 bits per heavy atom. The molecule has 1 aliphatic carbocycles. The highest BCUT2D eigenvalue weighted by molar-refractivity contribution is 5.61. The summed E-state index contributed by atoms with van der Waals surface area (Å²) in [5.74, 6) is 1.01. The molecule has 1 aliphatic rings. The van der Waals surface area contributed by atoms with E-state index in [1.54, 1.807) is 16.8 Å². The van der Waals surface area contributed by atoms with E-state index < -0.39 is 5.82 Å². The third-order valence-electron chi connectivity index (χ3n) is 4.26. The van der Waals surface area contributed by atoms with Gasteiger partial charge in [-0.3, -0.25) is 0 Å². The molecule has 1 aromatic heterocycles. The van der Waals surface area contributed by atoms with Crippen LogP contribution in [0.2, 0.25) is 0 Å². The summed E-state index contributed by atoms with van der Waals surface area (Å²) < 4.78 is 15.0. The lowest BCUT2D eigenvalue weighted by Gasteiger charge is -2.21. The number of tetrazole rings is 1. The molecule has 6 heteroatoms. The second kappa shape index (κ2) is 6.20. The van der Waals surface area contributed by atoms with E-state index in [0.29, 0.717) is 5.82 Å². The Balaban J connectivity index is 1.72. The second-order valence-electron chi connectivity index (χ2n) is 5.75. The Morgan fingerprint density at radius 1 is 1.24 bits per heavy atom. The fourth-order valence-electron chi connectivity index (χ4n) is 3.03. The third-order valence-corrected chi connectivity index (χ3v) is 4.26. The number of rotatable bonds is 4. The molecule has 0 radical (unpaired) electrons. The number of benzene rings is 1. The molecular formula is C15H20FN5. The van der Waals surface area contributed by atoms with E-state index in [2.05, 4.69) is 15.5 Å². The van der Waals surface area contributed by atoms with Crippen molar-refractivity contribution in [1.29, 1.82) is 0 Å². The monoisotopic (exact) mass is 289 g/mol. The van der Waals surface area contributed by atoms with Crippen LogP contribution in [0.25, 0.3) is 11.4 Å². The molecule has 1 heterocycles. The molecule has 0 bridgehead atoms. The summed E-state index contributed by atoms with van der Waals surface area (Å²) in [6, 6.07) is 4.59. The second-order valence-corrected chi connectivity index (χ2v) is 5.75. The zero-order valence-electron chi connectivity index (χ0n) is 12.0. The predicted molar refractivity (Wildman–Crippen MR) is 78.8 cm³/mol. The van der Waals surface area contributed by atoms with Crippen LogP contribution in [0, 0.1) is 11.7 Å². The van der Waals surface area contributed by atoms with Crippen molar-refractivity contribution in [3.05, 3.63) is 24.0 Å². The fourth-order valence-corrected chi connectivity index (χ4v) is 3.03. The topological polar surface area (TPSA) is 69.6 Å². The first-order valence-corrected chi connectivity index (χ1v) is 7.55. The van der Waals surface area contributed by atoms with Gasteiger partial charge in [0.25, 0.3) is 0 Å². The van der Waals surface area contributed by atoms with Crippen LogP contribution in [-0.4, -0.2) is 20.2 Å². The molecule has 2 aromatic rings. The summed E-state index contributed by atoms with van der Waals surface area (Å²) in [5.41, 5.74) is 6.49. The van der Waals surface area contributed by atoms with E-state index in [-0.39, 0.29) is 5.69 Å². The minimum absolute atomic E-state index is 0.120. The van der Waals surface area contributed by atoms with Gasteiger partial charge in [0.15, 0.2) is 5.82 Å². The maximum atomic E-state index is 13.2. The van der Waals surface area contributed by atoms with Crippen molar-refractivity contribution in [1.82, 2.24) is 20.2 Å². The highest BCUT2D eigenvalue weighted by Crippen LogP contribution is 2.27. The number of nitrogens with two attached hydrogens (primary N) is 1. The Hall–Kier alpha value is -1.98. The predicted octanol–water partition coefficient (Wildman–Crippen LogP) is 3.03. The Morgan fingerprint density at radius 3 is 2.81 bits per heavy atom. The van der Waals surface area contributed by atoms with Crippen molar-refractivity contribution in [3.63, 3.8) is 0 Å². The first kappa shape index (κ1) is 14.0. The van der Waals surface area contributed by atoms with Gasteiger partial charge in [-0.05, 0) is 41.0 Å². The van der Waals surface area contributed by atoms with Crippen molar-refractivity contribution >= 4 is 5.69 Å². The van der Waals surface area contributed by atoms with E-state index in [0.717, 1.165) is 24.4 Å². The van der Waals surface area contributed by atoms with E-state index in [9.17, 15) is 4.39 Å². The molecule has 5 nitrogen and oxygen atoms in total. The van der Waals surface area contributed by atoms with E-state index in [1.807, 2.05) is 0 Å². The Labute approximate surface area is 123 Å². The standard InChI is InChI=1S/C15H20FN5/c16-13-7-6-12(10-14(13)17)15-18-19-20-21(15)9-8-11-4-2-1-3-5-11/h6-7,10-11H,1-5,8-9,17H2. The van der Waals surface area contributed by atoms with Crippen molar-refractivity contribution in [3.8, 4) is 11.4 Å². The summed E-state index contributed by atoms with van der Waals surface area (Å²) >= 11 is 0. The molecule has 21 heavy (non-hydrogen) atoms. The van der Waals surface area contributed by atoms with Gasteiger partial charge in [-0.1, -0.05) is 32.1 Å². The van der Waals surface area contributed by atoms with E-state index in [4.69, 9.17) is 5.73 Å². The van der Waals surface area contributed by atoms with Crippen molar-refractivity contribution in [2.24, 2.45) is 5.92 Å². The van der Waals surface area contributed by atoms with Gasteiger partial charge < -0.3 is 5.73 Å². The molecule has 0 aliphatic heterocycles. The molecule has 1 saturated carbocycles. The Bertz CT molecular complexity index is 604. The van der Waals surface area contributed by atoms with E-state index in [1.165, 1.54) is 38.2 Å². The van der Waals surface area contributed by atoms with Crippen LogP contribution in [0.5, 0.6) is 0 Å². The number of anilines is 1. The van der Waals surface area contributed by atoms with Crippen LogP contribution < -0.4 is 5.73 Å². The molecule has 1 fully saturated rings. The number of hydrogen-bond acceptors (Lipinski definition) is 4. The van der Waals surface area contributed by atoms with Gasteiger partial charge in [0, 0.05) is 12.1 Å². The van der Waals surface area contributed by atoms with Gasteiger partial charge >= 0.3 is 0 Å². The number of aromatic nitrogens is 4. The number of halogens is 1. The largest absolute Gasteiger partial charge is 0.396 e. The quantitative estimate of drug-likeness (QED) is 0.878. The van der Waals surface area contributed by atoms with Gasteiger partial charge in [0.2, 0.25) is 0 Å². The van der Waals surface area contributed by atoms with Gasteiger partial charge in [0.1, 0.15) is 5.82 Å². The number of nitrogens with zero attached hydrogens (tertiary/aromatic N) is 4. The zero-order chi connectivity index (χ0) is 14.7. The van der Waals surface area contributed by atoms with E-state index >= 15 is 0 Å². The van der Waals surface area contributed by atoms with Gasteiger partial charge in [-0.25, -0.2) is 9.07 Å². The van der Waals surface area contributed by atoms with Crippen molar-refractivity contribution in [2.45, 2.75) is 45.1 Å². The highest BCUT2D eigenvalue weighted by Gasteiger charge is 2.16. The molecule has 3 rings (SSSR count). The molecule has 0 saturated heterocycles. The normalized spacial score (nSPS) is 16.2. The van der Waals surface area contributed by atoms with Gasteiger partial charge in [-0.2, -0.15) is 0 Å². The van der Waals surface area contributed by atoms with Crippen LogP contribution in [0.15, 0.2) is 18.2 Å². The SMILES string of the molecule is Nc1cc(-c2nnnn2CCC2CCCCC2)ccc1F. The molecule has 112 valence electrons. The van der Waals surface area contributed by atoms with Crippen LogP contribution in [-0.2, 0) is 6.54 Å². The number of nitrogen functional groups attached to an aromatic ring is 1. The lowest BCUT2D eigenvalue weighted by molar-refractivity contribution is 0.318. The summed E-state index contributed by atoms with van der Waals surface area (Å²) in [4.78, 5) is 0. The summed E-state index contributed by atoms with van der Waals surface area (Å²) in [7, 11) is 0. The van der Waals surface area contributed by atoms with Crippen molar-refractivity contribution in [2.75, 3.05) is 5.73 Å². The number of aryl methyl sites for hydroxylation is 1. The minimum atomic E-state index is -0.417. The van der Waals surface area contributed by atoms with Crippen molar-refractivity contribution < 1.29 is 4.39 Å². The maximum Gasteiger partial charge on any atom is 0.182 e. The minimum Gasteiger partial charge on any atom is -0.396 e. The summed E-state index contributed by atoms with van der Waals surface area (Å²) in [6.45, 7) is 0.796. The van der Waals surface area contributed by atoms with Gasteiger partial charge in [-0.15, -0.1) is 5.10 Å². The molecule has 2 N–H and O–H groups in total. The van der Waals surface area contributed by atoms with Crippen LogP contribution in [0.4, 0.5) is 10.1 Å². The molecule has 0 amide bonds. The molecular weight excluding hydrogens is 269 g/mol. The zero-order valence-corrected chi connectivity index (χ0v) is 12.0. The molecule has 0 spiro atoms. The first-order chi connectivity index (χ1) is 10.2. The van der Waals surface area contributed by atoms with Crippen LogP contribution in [0.3, 0.4) is 0 Å². The lowest BCUT2D eigenvalue weighted by Crippen LogP contribution is -2.11. The number of hydrogen-bond donors (Lipinski definition) is 1. The lowest BCUT2D eigenvalue weighted by atomic mass is 9.87. The first-order valence-electron chi connectivity index (χ1n) is 7.55. The van der Waals surface area contributed by atoms with Crippen LogP contribution in [0.1, 0.15) is 38.5 Å². The van der Waals surface area contributed by atoms with Crippen LogP contribution >= 0.6 is 0 Å². The molecule has 1 aromatic carbocycles. The molecule has 0 unspecified atom stereocenters. The average Bonchev–Trinajstić information content (AvgIpc) is 2.97.